The summed E-state index contributed by atoms with van der Waals surface area (Å²) in [5, 5.41) is 10.7. The molecule has 2 N–H and O–H groups in total. The van der Waals surface area contributed by atoms with Crippen molar-refractivity contribution in [1.29, 1.82) is 0 Å². The lowest BCUT2D eigenvalue weighted by atomic mass is 10.0. The highest BCUT2D eigenvalue weighted by Crippen LogP contribution is 2.39. The minimum Gasteiger partial charge on any atom is -0.366 e. The number of rotatable bonds is 4. The van der Waals surface area contributed by atoms with Crippen molar-refractivity contribution in [2.75, 3.05) is 18.4 Å². The third-order valence-electron chi connectivity index (χ3n) is 5.40. The molecule has 0 saturated carbocycles. The molecular formula is C21H20F3N7. The molecule has 0 radical (unpaired) electrons. The molecule has 1 saturated heterocycles. The van der Waals surface area contributed by atoms with Gasteiger partial charge in [0.2, 0.25) is 0 Å². The molecule has 1 fully saturated rings. The zero-order valence-electron chi connectivity index (χ0n) is 16.7. The molecule has 5 rings (SSSR count). The molecule has 3 aromatic heterocycles. The van der Waals surface area contributed by atoms with Crippen LogP contribution in [0.4, 0.5) is 19.0 Å². The summed E-state index contributed by atoms with van der Waals surface area (Å²) in [7, 11) is 1.67. The van der Waals surface area contributed by atoms with Crippen LogP contribution in [0, 0.1) is 0 Å². The van der Waals surface area contributed by atoms with E-state index in [1.807, 2.05) is 12.1 Å². The van der Waals surface area contributed by atoms with E-state index in [1.165, 1.54) is 23.3 Å². The number of nitrogens with one attached hydrogen (secondary N) is 2. The van der Waals surface area contributed by atoms with E-state index in [1.54, 1.807) is 23.9 Å². The molecule has 160 valence electrons. The lowest BCUT2D eigenvalue weighted by Crippen LogP contribution is -2.22. The smallest absolute Gasteiger partial charge is 0.366 e. The van der Waals surface area contributed by atoms with Crippen LogP contribution >= 0.6 is 0 Å². The van der Waals surface area contributed by atoms with Crippen LogP contribution in [0.2, 0.25) is 0 Å². The number of anilines is 1. The van der Waals surface area contributed by atoms with E-state index in [-0.39, 0.29) is 11.1 Å². The van der Waals surface area contributed by atoms with Gasteiger partial charge in [-0.3, -0.25) is 9.25 Å². The Hall–Kier alpha value is -3.40. The fourth-order valence-corrected chi connectivity index (χ4v) is 3.90. The zero-order chi connectivity index (χ0) is 21.6. The first-order valence-corrected chi connectivity index (χ1v) is 9.90. The van der Waals surface area contributed by atoms with Crippen molar-refractivity contribution < 1.29 is 13.2 Å². The summed E-state index contributed by atoms with van der Waals surface area (Å²) >= 11 is 0. The summed E-state index contributed by atoms with van der Waals surface area (Å²) in [6, 6.07) is 8.44. The average molecular weight is 427 g/mol. The number of aryl methyl sites for hydroxylation is 1. The molecule has 1 aromatic carbocycles. The van der Waals surface area contributed by atoms with E-state index in [0.29, 0.717) is 28.8 Å². The Morgan fingerprint density at radius 2 is 2.10 bits per heavy atom. The second kappa shape index (κ2) is 7.38. The van der Waals surface area contributed by atoms with Crippen molar-refractivity contribution in [2.45, 2.75) is 18.6 Å². The molecule has 31 heavy (non-hydrogen) atoms. The molecule has 4 heterocycles. The number of pyridine rings is 1. The van der Waals surface area contributed by atoms with Crippen LogP contribution in [0.15, 0.2) is 49.1 Å². The van der Waals surface area contributed by atoms with E-state index < -0.39 is 11.7 Å². The van der Waals surface area contributed by atoms with Gasteiger partial charge in [0.25, 0.3) is 0 Å². The maximum Gasteiger partial charge on any atom is 0.417 e. The quantitative estimate of drug-likeness (QED) is 0.521. The molecule has 1 aliphatic rings. The summed E-state index contributed by atoms with van der Waals surface area (Å²) in [6.07, 6.45) is 0.987. The lowest BCUT2D eigenvalue weighted by Gasteiger charge is -2.14. The minimum absolute atomic E-state index is 0.0566. The second-order valence-electron chi connectivity index (χ2n) is 7.62. The van der Waals surface area contributed by atoms with Crippen LogP contribution < -0.4 is 10.6 Å². The van der Waals surface area contributed by atoms with E-state index in [2.05, 4.69) is 25.7 Å². The molecule has 10 heteroatoms. The summed E-state index contributed by atoms with van der Waals surface area (Å²) in [5.41, 5.74) is 0.497. The molecule has 1 atom stereocenters. The first-order chi connectivity index (χ1) is 14.9. The van der Waals surface area contributed by atoms with Gasteiger partial charge in [-0.15, -0.1) is 0 Å². The van der Waals surface area contributed by atoms with Crippen LogP contribution in [0.25, 0.3) is 28.0 Å². The van der Waals surface area contributed by atoms with E-state index in [0.717, 1.165) is 25.6 Å². The van der Waals surface area contributed by atoms with Crippen molar-refractivity contribution in [3.8, 4) is 16.9 Å². The van der Waals surface area contributed by atoms with Gasteiger partial charge in [0, 0.05) is 31.4 Å². The van der Waals surface area contributed by atoms with Gasteiger partial charge in [0.05, 0.1) is 22.8 Å². The number of nitrogens with zero attached hydrogens (tertiary/aromatic N) is 5. The zero-order valence-corrected chi connectivity index (χ0v) is 16.7. The molecule has 7 nitrogen and oxygen atoms in total. The molecule has 1 unspecified atom stereocenters. The van der Waals surface area contributed by atoms with Gasteiger partial charge in [-0.05, 0) is 42.8 Å². The van der Waals surface area contributed by atoms with Crippen molar-refractivity contribution in [1.82, 2.24) is 29.6 Å². The Kier molecular flexibility index (Phi) is 4.66. The Morgan fingerprint density at radius 1 is 1.23 bits per heavy atom. The summed E-state index contributed by atoms with van der Waals surface area (Å²) in [4.78, 5) is 8.87. The predicted octanol–water partition coefficient (Wildman–Crippen LogP) is 3.61. The molecular weight excluding hydrogens is 407 g/mol. The number of hydrogen-bond acceptors (Lipinski definition) is 5. The molecule has 0 aliphatic carbocycles. The molecule has 0 bridgehead atoms. The van der Waals surface area contributed by atoms with Gasteiger partial charge < -0.3 is 10.6 Å². The highest BCUT2D eigenvalue weighted by atomic mass is 19.4. The summed E-state index contributed by atoms with van der Waals surface area (Å²) in [6.45, 7) is 1.83. The number of hydrogen-bond donors (Lipinski definition) is 2. The maximum absolute atomic E-state index is 13.8. The molecule has 4 aromatic rings. The van der Waals surface area contributed by atoms with Crippen LogP contribution in [-0.2, 0) is 13.2 Å². The predicted molar refractivity (Wildman–Crippen MR) is 111 cm³/mol. The number of aromatic nitrogens is 5. The highest BCUT2D eigenvalue weighted by Gasteiger charge is 2.35. The van der Waals surface area contributed by atoms with Gasteiger partial charge in [-0.25, -0.2) is 9.97 Å². The lowest BCUT2D eigenvalue weighted by molar-refractivity contribution is -0.137. The van der Waals surface area contributed by atoms with E-state index in [9.17, 15) is 13.2 Å². The standard InChI is InChI=1S/C21H20F3N7/c1-30-11-13(9-27-30)15-7-18-17(8-16(15)21(22,23)24)26-12-31(18)20-4-2-3-19(29-20)28-14-5-6-25-10-14/h2-4,7-9,11-12,14,25H,5-6,10H2,1H3,(H,28,29). The van der Waals surface area contributed by atoms with Crippen molar-refractivity contribution in [3.63, 3.8) is 0 Å². The van der Waals surface area contributed by atoms with Gasteiger partial charge in [-0.2, -0.15) is 18.3 Å². The summed E-state index contributed by atoms with van der Waals surface area (Å²) in [5.74, 6) is 1.29. The van der Waals surface area contributed by atoms with Gasteiger partial charge in [0.15, 0.2) is 0 Å². The Labute approximate surface area is 175 Å². The third-order valence-corrected chi connectivity index (χ3v) is 5.40. The Balaban J connectivity index is 1.61. The molecule has 1 aliphatic heterocycles. The Morgan fingerprint density at radius 3 is 2.81 bits per heavy atom. The number of benzene rings is 1. The first-order valence-electron chi connectivity index (χ1n) is 9.90. The monoisotopic (exact) mass is 427 g/mol. The summed E-state index contributed by atoms with van der Waals surface area (Å²) < 4.78 is 44.5. The third kappa shape index (κ3) is 3.74. The van der Waals surface area contributed by atoms with Crippen LogP contribution in [-0.4, -0.2) is 43.4 Å². The maximum atomic E-state index is 13.8. The van der Waals surface area contributed by atoms with Crippen LogP contribution in [0.3, 0.4) is 0 Å². The second-order valence-corrected chi connectivity index (χ2v) is 7.62. The van der Waals surface area contributed by atoms with Crippen molar-refractivity contribution in [3.05, 3.63) is 54.6 Å². The molecule has 0 amide bonds. The van der Waals surface area contributed by atoms with Gasteiger partial charge in [-0.1, -0.05) is 6.07 Å². The number of fused-ring (bicyclic) bond motifs is 1. The average Bonchev–Trinajstić information content (AvgIpc) is 3.47. The largest absolute Gasteiger partial charge is 0.417 e. The van der Waals surface area contributed by atoms with E-state index >= 15 is 0 Å². The SMILES string of the molecule is Cn1cc(-c2cc3c(cc2C(F)(F)F)ncn3-c2cccc(NC3CCNC3)n2)cn1. The first kappa shape index (κ1) is 19.6. The fraction of sp³-hybridized carbons (Fsp3) is 0.286. The number of halogens is 3. The van der Waals surface area contributed by atoms with Crippen molar-refractivity contribution >= 4 is 16.9 Å². The normalized spacial score (nSPS) is 16.8. The number of imidazole rings is 1. The highest BCUT2D eigenvalue weighted by molar-refractivity contribution is 5.85. The van der Waals surface area contributed by atoms with Crippen molar-refractivity contribution in [2.24, 2.45) is 7.05 Å². The fourth-order valence-electron chi connectivity index (χ4n) is 3.90. The van der Waals surface area contributed by atoms with E-state index in [4.69, 9.17) is 0 Å². The van der Waals surface area contributed by atoms with Gasteiger partial charge >= 0.3 is 6.18 Å². The minimum atomic E-state index is -4.51. The Bertz CT molecular complexity index is 1240. The molecule has 0 spiro atoms. The van der Waals surface area contributed by atoms with Gasteiger partial charge in [0.1, 0.15) is 18.0 Å². The number of alkyl halides is 3. The van der Waals surface area contributed by atoms with Crippen LogP contribution in [0.1, 0.15) is 12.0 Å². The van der Waals surface area contributed by atoms with Crippen LogP contribution in [0.5, 0.6) is 0 Å². The topological polar surface area (TPSA) is 72.6 Å².